The van der Waals surface area contributed by atoms with Crippen LogP contribution in [0.2, 0.25) is 0 Å². The molecule has 3 N–H and O–H groups in total. The van der Waals surface area contributed by atoms with Gasteiger partial charge >= 0.3 is 0 Å². The van der Waals surface area contributed by atoms with Gasteiger partial charge in [0, 0.05) is 20.8 Å². The molecular formula is C13H18N4O2. The van der Waals surface area contributed by atoms with E-state index >= 15 is 0 Å². The lowest BCUT2D eigenvalue weighted by atomic mass is 10.3. The molecule has 6 heteroatoms. The van der Waals surface area contributed by atoms with Gasteiger partial charge in [0.2, 0.25) is 0 Å². The Morgan fingerprint density at radius 2 is 1.89 bits per heavy atom. The van der Waals surface area contributed by atoms with Crippen molar-refractivity contribution in [1.82, 2.24) is 9.97 Å². The molecule has 0 aliphatic heterocycles. The molecule has 19 heavy (non-hydrogen) atoms. The summed E-state index contributed by atoms with van der Waals surface area (Å²) in [5.74, 6) is 0.947. The number of benzene rings is 1. The fraction of sp³-hybridized carbons (Fsp3) is 0.385. The molecule has 1 atom stereocenters. The smallest absolute Gasteiger partial charge is 0.169 e. The Morgan fingerprint density at radius 3 is 2.53 bits per heavy atom. The number of nitrogens with zero attached hydrogens (tertiary/aromatic N) is 2. The third kappa shape index (κ3) is 3.30. The van der Waals surface area contributed by atoms with Crippen LogP contribution in [0.5, 0.6) is 0 Å². The first-order chi connectivity index (χ1) is 9.24. The third-order valence-corrected chi connectivity index (χ3v) is 2.78. The zero-order valence-corrected chi connectivity index (χ0v) is 11.1. The standard InChI is InChI=1S/C13H18N4O2/c1-18-8-9(19-2)7-15-13-12(14)16-10-5-3-4-6-11(10)17-13/h3-6,9H,7-8H2,1-2H3,(H2,14,16)(H,15,17). The van der Waals surface area contributed by atoms with E-state index in [0.717, 1.165) is 11.0 Å². The monoisotopic (exact) mass is 262 g/mol. The molecule has 1 unspecified atom stereocenters. The average molecular weight is 262 g/mol. The van der Waals surface area contributed by atoms with Crippen LogP contribution >= 0.6 is 0 Å². The van der Waals surface area contributed by atoms with E-state index in [-0.39, 0.29) is 6.10 Å². The van der Waals surface area contributed by atoms with Crippen LogP contribution in [-0.2, 0) is 9.47 Å². The number of ether oxygens (including phenoxy) is 2. The minimum absolute atomic E-state index is 0.0577. The molecule has 2 rings (SSSR count). The Hall–Kier alpha value is -1.92. The van der Waals surface area contributed by atoms with Crippen molar-refractivity contribution < 1.29 is 9.47 Å². The second-order valence-electron chi connectivity index (χ2n) is 4.14. The first-order valence-electron chi connectivity index (χ1n) is 6.02. The van der Waals surface area contributed by atoms with E-state index in [2.05, 4.69) is 15.3 Å². The number of fused-ring (bicyclic) bond motifs is 1. The number of hydrogen-bond acceptors (Lipinski definition) is 6. The number of aromatic nitrogens is 2. The Kier molecular flexibility index (Phi) is 4.48. The van der Waals surface area contributed by atoms with Gasteiger partial charge in [-0.25, -0.2) is 9.97 Å². The van der Waals surface area contributed by atoms with Crippen LogP contribution in [0, 0.1) is 0 Å². The van der Waals surface area contributed by atoms with Crippen LogP contribution in [-0.4, -0.2) is 43.4 Å². The number of nitrogen functional groups attached to an aromatic ring is 1. The van der Waals surface area contributed by atoms with Crippen molar-refractivity contribution in [2.24, 2.45) is 0 Å². The van der Waals surface area contributed by atoms with Gasteiger partial charge in [-0.1, -0.05) is 12.1 Å². The van der Waals surface area contributed by atoms with Crippen LogP contribution in [0.4, 0.5) is 11.6 Å². The maximum atomic E-state index is 5.88. The molecule has 0 radical (unpaired) electrons. The Morgan fingerprint density at radius 1 is 1.21 bits per heavy atom. The van der Waals surface area contributed by atoms with Gasteiger partial charge in [-0.05, 0) is 12.1 Å². The predicted molar refractivity (Wildman–Crippen MR) is 75.1 cm³/mol. The van der Waals surface area contributed by atoms with Gasteiger partial charge in [-0.3, -0.25) is 0 Å². The summed E-state index contributed by atoms with van der Waals surface area (Å²) in [6.07, 6.45) is -0.0577. The van der Waals surface area contributed by atoms with E-state index in [1.165, 1.54) is 0 Å². The van der Waals surface area contributed by atoms with Gasteiger partial charge in [-0.15, -0.1) is 0 Å². The number of rotatable bonds is 6. The third-order valence-electron chi connectivity index (χ3n) is 2.78. The van der Waals surface area contributed by atoms with Gasteiger partial charge in [0.15, 0.2) is 11.6 Å². The first kappa shape index (κ1) is 13.5. The topological polar surface area (TPSA) is 82.3 Å². The maximum absolute atomic E-state index is 5.88. The van der Waals surface area contributed by atoms with Crippen LogP contribution in [0.25, 0.3) is 11.0 Å². The molecule has 0 aliphatic rings. The molecule has 1 heterocycles. The average Bonchev–Trinajstić information content (AvgIpc) is 2.43. The van der Waals surface area contributed by atoms with Crippen molar-refractivity contribution >= 4 is 22.7 Å². The summed E-state index contributed by atoms with van der Waals surface area (Å²) in [6, 6.07) is 7.60. The van der Waals surface area contributed by atoms with E-state index in [4.69, 9.17) is 15.2 Å². The lowest BCUT2D eigenvalue weighted by Crippen LogP contribution is -2.27. The summed E-state index contributed by atoms with van der Waals surface area (Å²) in [5.41, 5.74) is 7.47. The van der Waals surface area contributed by atoms with E-state index in [1.807, 2.05) is 24.3 Å². The highest BCUT2D eigenvalue weighted by atomic mass is 16.5. The second-order valence-corrected chi connectivity index (χ2v) is 4.14. The highest BCUT2D eigenvalue weighted by molar-refractivity contribution is 5.79. The van der Waals surface area contributed by atoms with Gasteiger partial charge in [0.1, 0.15) is 0 Å². The van der Waals surface area contributed by atoms with Crippen molar-refractivity contribution in [3.8, 4) is 0 Å². The molecule has 0 fully saturated rings. The second kappa shape index (κ2) is 6.31. The zero-order chi connectivity index (χ0) is 13.7. The molecule has 0 spiro atoms. The number of para-hydroxylation sites is 2. The summed E-state index contributed by atoms with van der Waals surface area (Å²) in [5, 5.41) is 3.14. The number of anilines is 2. The molecule has 0 bridgehead atoms. The summed E-state index contributed by atoms with van der Waals surface area (Å²) < 4.78 is 10.3. The van der Waals surface area contributed by atoms with Crippen molar-refractivity contribution in [2.75, 3.05) is 38.4 Å². The molecule has 0 saturated carbocycles. The molecule has 0 amide bonds. The van der Waals surface area contributed by atoms with Gasteiger partial charge in [0.25, 0.3) is 0 Å². The Bertz CT molecular complexity index is 547. The summed E-state index contributed by atoms with van der Waals surface area (Å²) in [6.45, 7) is 1.06. The summed E-state index contributed by atoms with van der Waals surface area (Å²) >= 11 is 0. The van der Waals surface area contributed by atoms with Crippen LogP contribution < -0.4 is 11.1 Å². The van der Waals surface area contributed by atoms with E-state index in [0.29, 0.717) is 24.8 Å². The zero-order valence-electron chi connectivity index (χ0n) is 11.1. The predicted octanol–water partition coefficient (Wildman–Crippen LogP) is 1.29. The first-order valence-corrected chi connectivity index (χ1v) is 6.02. The molecule has 1 aromatic heterocycles. The van der Waals surface area contributed by atoms with Crippen LogP contribution in [0.15, 0.2) is 24.3 Å². The number of methoxy groups -OCH3 is 2. The van der Waals surface area contributed by atoms with Crippen molar-refractivity contribution in [3.63, 3.8) is 0 Å². The number of nitrogens with one attached hydrogen (secondary N) is 1. The fourth-order valence-electron chi connectivity index (χ4n) is 1.75. The molecule has 6 nitrogen and oxygen atoms in total. The van der Waals surface area contributed by atoms with E-state index < -0.39 is 0 Å². The quantitative estimate of drug-likeness (QED) is 0.816. The molecular weight excluding hydrogens is 244 g/mol. The SMILES string of the molecule is COCC(CNc1nc2ccccc2nc1N)OC. The molecule has 1 aromatic carbocycles. The van der Waals surface area contributed by atoms with E-state index in [1.54, 1.807) is 14.2 Å². The highest BCUT2D eigenvalue weighted by Crippen LogP contribution is 2.18. The lowest BCUT2D eigenvalue weighted by Gasteiger charge is -2.16. The summed E-state index contributed by atoms with van der Waals surface area (Å²) in [4.78, 5) is 8.75. The van der Waals surface area contributed by atoms with Crippen LogP contribution in [0.3, 0.4) is 0 Å². The largest absolute Gasteiger partial charge is 0.382 e. The normalized spacial score (nSPS) is 12.5. The van der Waals surface area contributed by atoms with Gasteiger partial charge in [-0.2, -0.15) is 0 Å². The van der Waals surface area contributed by atoms with Crippen molar-refractivity contribution in [2.45, 2.75) is 6.10 Å². The highest BCUT2D eigenvalue weighted by Gasteiger charge is 2.10. The molecule has 102 valence electrons. The maximum Gasteiger partial charge on any atom is 0.169 e. The molecule has 0 saturated heterocycles. The molecule has 2 aromatic rings. The minimum atomic E-state index is -0.0577. The summed E-state index contributed by atoms with van der Waals surface area (Å²) in [7, 11) is 3.27. The minimum Gasteiger partial charge on any atom is -0.382 e. The Balaban J connectivity index is 2.13. The van der Waals surface area contributed by atoms with Gasteiger partial charge < -0.3 is 20.5 Å². The lowest BCUT2D eigenvalue weighted by molar-refractivity contribution is 0.0365. The number of hydrogen-bond donors (Lipinski definition) is 2. The van der Waals surface area contributed by atoms with Crippen molar-refractivity contribution in [3.05, 3.63) is 24.3 Å². The fourth-order valence-corrected chi connectivity index (χ4v) is 1.75. The number of nitrogens with two attached hydrogens (primary N) is 1. The molecule has 0 aliphatic carbocycles. The van der Waals surface area contributed by atoms with E-state index in [9.17, 15) is 0 Å². The Labute approximate surface area is 111 Å². The van der Waals surface area contributed by atoms with Gasteiger partial charge in [0.05, 0.1) is 23.7 Å². The van der Waals surface area contributed by atoms with Crippen LogP contribution in [0.1, 0.15) is 0 Å². The van der Waals surface area contributed by atoms with Crippen molar-refractivity contribution in [1.29, 1.82) is 0 Å².